The van der Waals surface area contributed by atoms with Crippen molar-refractivity contribution in [3.05, 3.63) is 9.81 Å². The summed E-state index contributed by atoms with van der Waals surface area (Å²) in [6.07, 6.45) is 0. The number of hydrazine groups is 2. The Bertz CT molecular complexity index is 618. The molecule has 2 N–H and O–H groups in total. The number of hydrogen-bond acceptors (Lipinski definition) is 8. The van der Waals surface area contributed by atoms with Crippen molar-refractivity contribution in [3.63, 3.8) is 0 Å². The summed E-state index contributed by atoms with van der Waals surface area (Å²) in [5.41, 5.74) is 4.55. The van der Waals surface area contributed by atoms with E-state index >= 15 is 0 Å². The minimum absolute atomic E-state index is 0.0592. The average molecular weight is 376 g/mol. The van der Waals surface area contributed by atoms with Gasteiger partial charge in [0.1, 0.15) is 9.81 Å². The van der Waals surface area contributed by atoms with E-state index in [9.17, 15) is 19.2 Å². The molecule has 2 fully saturated rings. The first-order chi connectivity index (χ1) is 10.2. The van der Waals surface area contributed by atoms with Crippen molar-refractivity contribution < 1.29 is 19.2 Å². The van der Waals surface area contributed by atoms with E-state index in [0.29, 0.717) is 0 Å². The lowest BCUT2D eigenvalue weighted by Gasteiger charge is -2.14. The number of hydrogen-bond donors (Lipinski definition) is 2. The van der Waals surface area contributed by atoms with Gasteiger partial charge in [0.25, 0.3) is 11.8 Å². The first-order valence-corrected chi connectivity index (χ1v) is 8.08. The van der Waals surface area contributed by atoms with Gasteiger partial charge in [-0.3, -0.25) is 30.0 Å². The molecule has 0 aromatic heterocycles. The fourth-order valence-electron chi connectivity index (χ4n) is 1.52. The van der Waals surface area contributed by atoms with Crippen molar-refractivity contribution in [1.82, 2.24) is 20.9 Å². The maximum Gasteiger partial charge on any atom is 0.286 e. The van der Waals surface area contributed by atoms with Gasteiger partial charge in [0.05, 0.1) is 0 Å². The quantitative estimate of drug-likeness (QED) is 0.514. The van der Waals surface area contributed by atoms with Gasteiger partial charge >= 0.3 is 0 Å². The van der Waals surface area contributed by atoms with Crippen LogP contribution in [0.2, 0.25) is 0 Å². The molecule has 2 rings (SSSR count). The zero-order chi connectivity index (χ0) is 16.6. The smallest absolute Gasteiger partial charge is 0.274 e. The number of nitrogens with zero attached hydrogens (tertiary/aromatic N) is 2. The van der Waals surface area contributed by atoms with Crippen LogP contribution in [-0.4, -0.2) is 42.3 Å². The number of thioether (sulfide) groups is 2. The lowest BCUT2D eigenvalue weighted by molar-refractivity contribution is -0.133. The van der Waals surface area contributed by atoms with Gasteiger partial charge < -0.3 is 0 Å². The fraction of sp³-hybridized carbons (Fsp3) is 0.200. The number of carbonyl (C=O) groups is 4. The summed E-state index contributed by atoms with van der Waals surface area (Å²) in [6.45, 7) is 2.46. The Labute approximate surface area is 143 Å². The van der Waals surface area contributed by atoms with Gasteiger partial charge in [-0.25, -0.2) is 0 Å². The van der Waals surface area contributed by atoms with E-state index in [2.05, 4.69) is 10.9 Å². The molecule has 2 aliphatic heterocycles. The molecule has 0 radical (unpaired) electrons. The van der Waals surface area contributed by atoms with Crippen LogP contribution in [0.15, 0.2) is 9.81 Å². The monoisotopic (exact) mass is 376 g/mol. The van der Waals surface area contributed by atoms with Gasteiger partial charge in [-0.05, 0) is 24.4 Å². The van der Waals surface area contributed by atoms with Crippen molar-refractivity contribution in [2.24, 2.45) is 0 Å². The number of rotatable bonds is 2. The third kappa shape index (κ3) is 3.14. The summed E-state index contributed by atoms with van der Waals surface area (Å²) < 4.78 is 0.194. The summed E-state index contributed by atoms with van der Waals surface area (Å²) in [5.74, 6) is -2.17. The molecule has 22 heavy (non-hydrogen) atoms. The molecule has 2 saturated heterocycles. The van der Waals surface area contributed by atoms with Crippen LogP contribution in [-0.2, 0) is 19.2 Å². The molecule has 0 spiro atoms. The molecule has 0 aliphatic carbocycles. The Balaban J connectivity index is 2.32. The minimum atomic E-state index is -0.617. The highest BCUT2D eigenvalue weighted by Crippen LogP contribution is 2.40. The third-order valence-electron chi connectivity index (χ3n) is 2.28. The normalized spacial score (nSPS) is 21.7. The summed E-state index contributed by atoms with van der Waals surface area (Å²) >= 11 is 11.8. The van der Waals surface area contributed by atoms with E-state index < -0.39 is 23.6 Å². The third-order valence-corrected chi connectivity index (χ3v) is 5.16. The summed E-state index contributed by atoms with van der Waals surface area (Å²) in [5, 5.41) is 1.78. The molecule has 0 atom stereocenters. The SMILES string of the molecule is CC(=O)NN1C(=O)/C(=C2\SC(=S)N(NC(C)=O)C2=O)SC1=S. The second kappa shape index (κ2) is 6.32. The van der Waals surface area contributed by atoms with Crippen molar-refractivity contribution in [2.45, 2.75) is 13.8 Å². The molecule has 0 aromatic carbocycles. The summed E-state index contributed by atoms with van der Waals surface area (Å²) in [7, 11) is 0. The van der Waals surface area contributed by atoms with Crippen LogP contribution in [0.1, 0.15) is 13.8 Å². The van der Waals surface area contributed by atoms with E-state index in [1.165, 1.54) is 13.8 Å². The van der Waals surface area contributed by atoms with Crippen LogP contribution in [0.5, 0.6) is 0 Å². The highest BCUT2D eigenvalue weighted by molar-refractivity contribution is 8.29. The second-order valence-corrected chi connectivity index (χ2v) is 7.30. The van der Waals surface area contributed by atoms with E-state index in [1.54, 1.807) is 0 Å². The highest BCUT2D eigenvalue weighted by Gasteiger charge is 2.43. The van der Waals surface area contributed by atoms with E-state index in [0.717, 1.165) is 33.5 Å². The fourth-order valence-corrected chi connectivity index (χ4v) is 4.03. The van der Waals surface area contributed by atoms with Gasteiger partial charge in [-0.15, -0.1) is 0 Å². The molecule has 0 aromatic rings. The van der Waals surface area contributed by atoms with Crippen molar-refractivity contribution in [1.29, 1.82) is 0 Å². The van der Waals surface area contributed by atoms with Gasteiger partial charge in [-0.1, -0.05) is 23.5 Å². The Hall–Kier alpha value is -1.50. The Kier molecular flexibility index (Phi) is 4.84. The van der Waals surface area contributed by atoms with Crippen LogP contribution in [0.25, 0.3) is 0 Å². The molecule has 2 heterocycles. The first kappa shape index (κ1) is 16.9. The van der Waals surface area contributed by atoms with E-state index in [1.807, 2.05) is 0 Å². The van der Waals surface area contributed by atoms with Crippen LogP contribution in [0, 0.1) is 0 Å². The predicted octanol–water partition coefficient (Wildman–Crippen LogP) is 0.0208. The maximum absolute atomic E-state index is 12.2. The number of nitrogens with one attached hydrogen (secondary N) is 2. The standard InChI is InChI=1S/C10H8N4O4S4/c1-3(15)11-13-7(17)5(21-9(13)19)6-8(18)14(10(20)22-6)12-4(2)16/h1-2H3,(H,11,15)(H,12,16)/b6-5+. The van der Waals surface area contributed by atoms with Crippen LogP contribution >= 0.6 is 48.0 Å². The number of thiocarbonyl (C=S) groups is 2. The lowest BCUT2D eigenvalue weighted by Crippen LogP contribution is -2.44. The van der Waals surface area contributed by atoms with E-state index in [4.69, 9.17) is 24.4 Å². The molecule has 2 aliphatic rings. The zero-order valence-electron chi connectivity index (χ0n) is 11.2. The van der Waals surface area contributed by atoms with Crippen LogP contribution in [0.4, 0.5) is 0 Å². The molecule has 4 amide bonds. The van der Waals surface area contributed by atoms with Crippen LogP contribution in [0.3, 0.4) is 0 Å². The Morgan fingerprint density at radius 1 is 0.864 bits per heavy atom. The predicted molar refractivity (Wildman–Crippen MR) is 88.7 cm³/mol. The van der Waals surface area contributed by atoms with Gasteiger partial charge in [-0.2, -0.15) is 10.0 Å². The van der Waals surface area contributed by atoms with Crippen molar-refractivity contribution in [2.75, 3.05) is 0 Å². The molecule has 0 bridgehead atoms. The topological polar surface area (TPSA) is 98.8 Å². The molecule has 12 heteroatoms. The van der Waals surface area contributed by atoms with Gasteiger partial charge in [0.15, 0.2) is 8.64 Å². The Morgan fingerprint density at radius 2 is 1.18 bits per heavy atom. The molecular weight excluding hydrogens is 368 g/mol. The largest absolute Gasteiger partial charge is 0.286 e. The minimum Gasteiger partial charge on any atom is -0.274 e. The van der Waals surface area contributed by atoms with E-state index in [-0.39, 0.29) is 18.5 Å². The number of carbonyl (C=O) groups excluding carboxylic acids is 4. The molecule has 0 saturated carbocycles. The van der Waals surface area contributed by atoms with Crippen LogP contribution < -0.4 is 10.9 Å². The van der Waals surface area contributed by atoms with Gasteiger partial charge in [0, 0.05) is 13.8 Å². The second-order valence-electron chi connectivity index (χ2n) is 4.01. The molecule has 0 unspecified atom stereocenters. The molecular formula is C10H8N4O4S4. The first-order valence-electron chi connectivity index (χ1n) is 5.63. The zero-order valence-corrected chi connectivity index (χ0v) is 14.4. The van der Waals surface area contributed by atoms with Crippen molar-refractivity contribution in [3.8, 4) is 0 Å². The molecule has 116 valence electrons. The lowest BCUT2D eigenvalue weighted by atomic mass is 10.4. The van der Waals surface area contributed by atoms with Crippen molar-refractivity contribution >= 4 is 80.2 Å². The molecule has 8 nitrogen and oxygen atoms in total. The van der Waals surface area contributed by atoms with Gasteiger partial charge in [0.2, 0.25) is 11.8 Å². The Morgan fingerprint density at radius 3 is 1.45 bits per heavy atom. The average Bonchev–Trinajstić information content (AvgIpc) is 2.82. The summed E-state index contributed by atoms with van der Waals surface area (Å²) in [6, 6.07) is 0. The number of amides is 4. The summed E-state index contributed by atoms with van der Waals surface area (Å²) in [4.78, 5) is 46.8. The highest BCUT2D eigenvalue weighted by atomic mass is 32.2. The maximum atomic E-state index is 12.2.